The number of hydrogen-bond donors (Lipinski definition) is 1. The summed E-state index contributed by atoms with van der Waals surface area (Å²) in [5.74, 6) is 1.16. The van der Waals surface area contributed by atoms with Gasteiger partial charge in [0.05, 0.1) is 7.11 Å². The van der Waals surface area contributed by atoms with Gasteiger partial charge in [0, 0.05) is 5.56 Å². The first-order valence-electron chi connectivity index (χ1n) is 9.09. The Balaban J connectivity index is 0.000000150. The fourth-order valence-electron chi connectivity index (χ4n) is 2.60. The van der Waals surface area contributed by atoms with E-state index < -0.39 is 0 Å². The Bertz CT molecular complexity index is 915. The second kappa shape index (κ2) is 11.2. The van der Waals surface area contributed by atoms with E-state index in [9.17, 15) is 0 Å². The van der Waals surface area contributed by atoms with Gasteiger partial charge in [-0.15, -0.1) is 0 Å². The van der Waals surface area contributed by atoms with Crippen molar-refractivity contribution in [3.63, 3.8) is 0 Å². The lowest BCUT2D eigenvalue weighted by atomic mass is 10.1. The highest BCUT2D eigenvalue weighted by molar-refractivity contribution is 5.59. The molecule has 0 radical (unpaired) electrons. The van der Waals surface area contributed by atoms with Crippen LogP contribution in [0.5, 0.6) is 11.5 Å². The van der Waals surface area contributed by atoms with Gasteiger partial charge in [0.2, 0.25) is 0 Å². The van der Waals surface area contributed by atoms with Gasteiger partial charge in [0.1, 0.15) is 11.5 Å². The van der Waals surface area contributed by atoms with Crippen LogP contribution in [0.15, 0.2) is 92.0 Å². The fraction of sp³-hybridized carbons (Fsp3) is 0.0769. The minimum absolute atomic E-state index is 0.285. The van der Waals surface area contributed by atoms with E-state index in [4.69, 9.17) is 9.84 Å². The zero-order valence-corrected chi connectivity index (χ0v) is 16.2. The summed E-state index contributed by atoms with van der Waals surface area (Å²) in [4.78, 5) is 0. The Kier molecular flexibility index (Phi) is 8.35. The summed E-state index contributed by atoms with van der Waals surface area (Å²) in [5, 5.41) is 9.04. The van der Waals surface area contributed by atoms with E-state index in [2.05, 4.69) is 49.6 Å². The van der Waals surface area contributed by atoms with Crippen molar-refractivity contribution in [3.05, 3.63) is 114 Å². The number of fused-ring (bicyclic) bond motifs is 1. The molecule has 0 aliphatic heterocycles. The maximum absolute atomic E-state index is 9.04. The molecule has 1 aliphatic rings. The Morgan fingerprint density at radius 2 is 1.54 bits per heavy atom. The highest BCUT2D eigenvalue weighted by Gasteiger charge is 2.00. The van der Waals surface area contributed by atoms with E-state index in [1.807, 2.05) is 36.4 Å². The lowest BCUT2D eigenvalue weighted by molar-refractivity contribution is 0.415. The van der Waals surface area contributed by atoms with Crippen LogP contribution < -0.4 is 4.74 Å². The van der Waals surface area contributed by atoms with Gasteiger partial charge in [-0.2, -0.15) is 0 Å². The molecule has 0 heterocycles. The molecule has 1 N–H and O–H groups in total. The number of benzene rings is 3. The summed E-state index contributed by atoms with van der Waals surface area (Å²) in [6.07, 6.45) is 8.92. The Morgan fingerprint density at radius 3 is 2.11 bits per heavy atom. The van der Waals surface area contributed by atoms with Gasteiger partial charge >= 0.3 is 0 Å². The summed E-state index contributed by atoms with van der Waals surface area (Å²) in [6.45, 7) is 7.18. The first-order valence-corrected chi connectivity index (χ1v) is 9.09. The van der Waals surface area contributed by atoms with Gasteiger partial charge in [-0.25, -0.2) is 0 Å². The zero-order chi connectivity index (χ0) is 20.2. The summed E-state index contributed by atoms with van der Waals surface area (Å²) in [5.41, 5.74) is 4.73. The van der Waals surface area contributed by atoms with Crippen molar-refractivity contribution in [3.8, 4) is 11.5 Å². The minimum atomic E-state index is 0.285. The Labute approximate surface area is 167 Å². The molecule has 0 amide bonds. The predicted octanol–water partition coefficient (Wildman–Crippen LogP) is 6.63. The van der Waals surface area contributed by atoms with Crippen LogP contribution in [0, 0.1) is 0 Å². The zero-order valence-electron chi connectivity index (χ0n) is 16.2. The molecule has 1 aliphatic carbocycles. The first kappa shape index (κ1) is 20.8. The molecule has 142 valence electrons. The molecule has 0 bridgehead atoms. The standard InChI is InChI=1S/C9H10O.C9H8.C8H8O/c1-3-8-4-6-9(10-2)7-5-8;1-2-5-9-7-3-6-8(9)4-1;1-2-7-5-3-4-6-8(7)9/h3-7H,1H2,2H3;1-6H,7H2;2-6,9H,1H2. The third-order valence-electron chi connectivity index (χ3n) is 4.20. The highest BCUT2D eigenvalue weighted by Crippen LogP contribution is 2.17. The topological polar surface area (TPSA) is 29.5 Å². The van der Waals surface area contributed by atoms with Crippen LogP contribution in [-0.2, 0) is 6.42 Å². The molecule has 0 atom stereocenters. The van der Waals surface area contributed by atoms with Gasteiger partial charge in [0.25, 0.3) is 0 Å². The molecular weight excluding hydrogens is 344 g/mol. The van der Waals surface area contributed by atoms with Crippen molar-refractivity contribution < 1.29 is 9.84 Å². The molecule has 0 saturated carbocycles. The number of methoxy groups -OCH3 is 1. The lowest BCUT2D eigenvalue weighted by Gasteiger charge is -1.97. The van der Waals surface area contributed by atoms with Crippen molar-refractivity contribution in [1.29, 1.82) is 0 Å². The molecule has 0 fully saturated rings. The normalized spacial score (nSPS) is 10.5. The van der Waals surface area contributed by atoms with Crippen LogP contribution in [0.3, 0.4) is 0 Å². The van der Waals surface area contributed by atoms with Crippen molar-refractivity contribution >= 4 is 18.2 Å². The lowest BCUT2D eigenvalue weighted by Crippen LogP contribution is -1.80. The molecule has 0 aromatic heterocycles. The second-order valence-electron chi connectivity index (χ2n) is 6.05. The number of ether oxygens (including phenoxy) is 1. The van der Waals surface area contributed by atoms with Crippen molar-refractivity contribution in [2.24, 2.45) is 0 Å². The average molecular weight is 370 g/mol. The summed E-state index contributed by atoms with van der Waals surface area (Å²) < 4.78 is 4.98. The van der Waals surface area contributed by atoms with E-state index >= 15 is 0 Å². The third-order valence-corrected chi connectivity index (χ3v) is 4.20. The first-order chi connectivity index (χ1) is 13.7. The molecule has 3 aromatic carbocycles. The second-order valence-corrected chi connectivity index (χ2v) is 6.05. The van der Waals surface area contributed by atoms with E-state index in [0.717, 1.165) is 23.3 Å². The van der Waals surface area contributed by atoms with Crippen LogP contribution >= 0.6 is 0 Å². The number of allylic oxidation sites excluding steroid dienone is 1. The van der Waals surface area contributed by atoms with Gasteiger partial charge in [-0.3, -0.25) is 0 Å². The number of aromatic hydroxyl groups is 1. The largest absolute Gasteiger partial charge is 0.507 e. The van der Waals surface area contributed by atoms with Gasteiger partial charge < -0.3 is 9.84 Å². The number of para-hydroxylation sites is 1. The molecule has 2 nitrogen and oxygen atoms in total. The summed E-state index contributed by atoms with van der Waals surface area (Å²) in [6, 6.07) is 23.3. The maximum atomic E-state index is 9.04. The van der Waals surface area contributed by atoms with Crippen LogP contribution in [0.1, 0.15) is 22.3 Å². The van der Waals surface area contributed by atoms with E-state index in [-0.39, 0.29) is 5.75 Å². The number of rotatable bonds is 3. The fourth-order valence-corrected chi connectivity index (χ4v) is 2.60. The Hall–Kier alpha value is -3.52. The maximum Gasteiger partial charge on any atom is 0.122 e. The molecule has 4 rings (SSSR count). The van der Waals surface area contributed by atoms with Crippen LogP contribution in [-0.4, -0.2) is 12.2 Å². The van der Waals surface area contributed by atoms with E-state index in [0.29, 0.717) is 0 Å². The van der Waals surface area contributed by atoms with Crippen LogP contribution in [0.25, 0.3) is 18.2 Å². The highest BCUT2D eigenvalue weighted by atomic mass is 16.5. The quantitative estimate of drug-likeness (QED) is 0.561. The molecule has 2 heteroatoms. The smallest absolute Gasteiger partial charge is 0.122 e. The van der Waals surface area contributed by atoms with Gasteiger partial charge in [-0.05, 0) is 41.3 Å². The van der Waals surface area contributed by atoms with E-state index in [1.54, 1.807) is 31.4 Å². The Morgan fingerprint density at radius 1 is 0.857 bits per heavy atom. The molecule has 0 unspecified atom stereocenters. The summed E-state index contributed by atoms with van der Waals surface area (Å²) in [7, 11) is 1.66. The van der Waals surface area contributed by atoms with Crippen molar-refractivity contribution in [2.45, 2.75) is 6.42 Å². The number of phenols is 1. The number of phenolic OH excluding ortho intramolecular Hbond substituents is 1. The van der Waals surface area contributed by atoms with Crippen molar-refractivity contribution in [2.75, 3.05) is 7.11 Å². The number of hydrogen-bond acceptors (Lipinski definition) is 2. The summed E-state index contributed by atoms with van der Waals surface area (Å²) >= 11 is 0. The van der Waals surface area contributed by atoms with Gasteiger partial charge in [-0.1, -0.05) is 92.1 Å². The molecule has 28 heavy (non-hydrogen) atoms. The van der Waals surface area contributed by atoms with E-state index in [1.165, 1.54) is 11.1 Å². The molecule has 3 aromatic rings. The minimum Gasteiger partial charge on any atom is -0.507 e. The SMILES string of the molecule is C1=Cc2ccccc2C1.C=Cc1ccc(OC)cc1.C=Cc1ccccc1O. The predicted molar refractivity (Wildman–Crippen MR) is 120 cm³/mol. The third kappa shape index (κ3) is 6.33. The average Bonchev–Trinajstić information content (AvgIpc) is 3.24. The van der Waals surface area contributed by atoms with Gasteiger partial charge in [0.15, 0.2) is 0 Å². The molecule has 0 spiro atoms. The molecule has 0 saturated heterocycles. The van der Waals surface area contributed by atoms with Crippen LogP contribution in [0.2, 0.25) is 0 Å². The van der Waals surface area contributed by atoms with Crippen molar-refractivity contribution in [1.82, 2.24) is 0 Å². The molecular formula is C26H26O2. The monoisotopic (exact) mass is 370 g/mol. The van der Waals surface area contributed by atoms with Crippen LogP contribution in [0.4, 0.5) is 0 Å².